The Morgan fingerprint density at radius 3 is 1.33 bits per heavy atom. The van der Waals surface area contributed by atoms with Gasteiger partial charge in [0, 0.05) is 27.1 Å². The molecule has 2 fully saturated rings. The predicted octanol–water partition coefficient (Wildman–Crippen LogP) is 12.0. The van der Waals surface area contributed by atoms with Crippen LogP contribution >= 0.6 is 0 Å². The highest BCUT2D eigenvalue weighted by atomic mass is 28.3. The van der Waals surface area contributed by atoms with E-state index in [2.05, 4.69) is 36.4 Å². The Hall–Kier alpha value is -5.85. The van der Waals surface area contributed by atoms with Crippen molar-refractivity contribution >= 4 is 62.1 Å². The van der Waals surface area contributed by atoms with Gasteiger partial charge in [-0.2, -0.15) is 15.0 Å². The molecular formula is C51H47N5Si. The molecule has 9 aromatic rings. The number of rotatable bonds is 7. The van der Waals surface area contributed by atoms with Crippen LogP contribution in [0.3, 0.4) is 0 Å². The minimum Gasteiger partial charge on any atom is -0.278 e. The number of para-hydroxylation sites is 4. The van der Waals surface area contributed by atoms with Gasteiger partial charge in [-0.25, -0.2) is 0 Å². The van der Waals surface area contributed by atoms with Gasteiger partial charge in [0.1, 0.15) is 8.07 Å². The summed E-state index contributed by atoms with van der Waals surface area (Å²) in [5, 5.41) is 1.60. The van der Waals surface area contributed by atoms with Crippen LogP contribution in [0.4, 0.5) is 0 Å². The molecule has 0 spiro atoms. The zero-order chi connectivity index (χ0) is 51.7. The van der Waals surface area contributed by atoms with Crippen LogP contribution in [0, 0.1) is 0 Å². The highest BCUT2D eigenvalue weighted by molar-refractivity contribution is 7.04. The molecule has 2 aliphatic carbocycles. The molecule has 2 aliphatic rings. The van der Waals surface area contributed by atoms with Crippen LogP contribution in [0.5, 0.6) is 0 Å². The molecule has 0 aliphatic heterocycles. The van der Waals surface area contributed by atoms with E-state index in [0.717, 1.165) is 60.5 Å². The number of benzene rings is 6. The first-order chi connectivity index (χ1) is 34.9. The fraction of sp³-hybridized carbons (Fsp3) is 0.235. The molecule has 6 heteroatoms. The molecule has 0 N–H and O–H groups in total. The van der Waals surface area contributed by atoms with Crippen LogP contribution in [0.25, 0.3) is 66.9 Å². The minimum atomic E-state index is -2.71. The average Bonchev–Trinajstić information content (AvgIpc) is 3.98. The fourth-order valence-electron chi connectivity index (χ4n) is 10.1. The van der Waals surface area contributed by atoms with Gasteiger partial charge in [-0.1, -0.05) is 202 Å². The SMILES string of the molecule is [2H]c1c([2H])c([2H])c2c(c1[2H])c1c([2H])c([2H])c([2H])c([2H])c1n2-c1nc(-c2cccc([Si](c3ccccc3)(C3CCCCC3)C3CCCCC3)c2)nc(-n2c3c([2H])c([2H])c([2H])c([2H])c3c3c([2H])c([2H])c([2H])c([2H])c32)n1. The Bertz CT molecular complexity index is 3460. The first-order valence-corrected chi connectivity index (χ1v) is 22.0. The zero-order valence-electron chi connectivity index (χ0n) is 47.2. The summed E-state index contributed by atoms with van der Waals surface area (Å²) < 4.78 is 146. The van der Waals surface area contributed by atoms with Gasteiger partial charge in [-0.05, 0) is 35.3 Å². The average molecular weight is 774 g/mol. The normalized spacial score (nSPS) is 19.9. The highest BCUT2D eigenvalue weighted by Crippen LogP contribution is 2.48. The lowest BCUT2D eigenvalue weighted by molar-refractivity contribution is 0.459. The molecule has 0 amide bonds. The molecule has 2 saturated carbocycles. The summed E-state index contributed by atoms with van der Waals surface area (Å²) in [6.45, 7) is 0. The van der Waals surface area contributed by atoms with Gasteiger partial charge < -0.3 is 0 Å². The Balaban J connectivity index is 1.32. The lowest BCUT2D eigenvalue weighted by atomic mass is 9.99. The number of aromatic nitrogens is 5. The third-order valence-corrected chi connectivity index (χ3v) is 18.7. The van der Waals surface area contributed by atoms with Crippen molar-refractivity contribution in [2.45, 2.75) is 75.3 Å². The second-order valence-electron chi connectivity index (χ2n) is 15.3. The lowest BCUT2D eigenvalue weighted by Gasteiger charge is -2.48. The summed E-state index contributed by atoms with van der Waals surface area (Å²) >= 11 is 0. The third kappa shape index (κ3) is 5.59. The first-order valence-electron chi connectivity index (χ1n) is 27.9. The van der Waals surface area contributed by atoms with Crippen molar-refractivity contribution in [2.75, 3.05) is 0 Å². The van der Waals surface area contributed by atoms with Crippen LogP contribution in [0.2, 0.25) is 11.1 Å². The molecule has 0 unspecified atom stereocenters. The standard InChI is InChI=1S/C51H47N5Si/c1-4-20-37(21-5-1)57(38-22-6-2-7-23-38,39-24-8-3-9-25-39)40-26-18-19-36(35-40)49-52-50(55-45-31-14-10-27-41(45)42-28-11-15-32-46(42)55)54-51(53-49)56-47-33-16-12-29-43(47)44-30-13-17-34-48(44)56/h1,4-5,10-21,26-35,38-39H,2-3,6-9,22-25H2/i10D,11D,12D,13D,14D,15D,16D,17D,27D,28D,29D,30D,31D,32D,33D,34D. The molecule has 3 heterocycles. The Morgan fingerprint density at radius 2 is 0.877 bits per heavy atom. The van der Waals surface area contributed by atoms with Gasteiger partial charge in [0.25, 0.3) is 0 Å². The molecule has 0 radical (unpaired) electrons. The van der Waals surface area contributed by atoms with Crippen molar-refractivity contribution in [3.63, 3.8) is 0 Å². The van der Waals surface area contributed by atoms with Gasteiger partial charge in [0.15, 0.2) is 5.82 Å². The van der Waals surface area contributed by atoms with E-state index in [1.807, 2.05) is 18.2 Å². The van der Waals surface area contributed by atoms with Crippen LogP contribution in [-0.4, -0.2) is 32.2 Å². The number of fused-ring (bicyclic) bond motifs is 6. The van der Waals surface area contributed by atoms with E-state index in [9.17, 15) is 5.48 Å². The van der Waals surface area contributed by atoms with E-state index in [1.165, 1.54) is 23.2 Å². The Morgan fingerprint density at radius 1 is 0.456 bits per heavy atom. The smallest absolute Gasteiger partial charge is 0.240 e. The van der Waals surface area contributed by atoms with E-state index >= 15 is 0 Å². The topological polar surface area (TPSA) is 48.5 Å². The fourth-order valence-corrected chi connectivity index (χ4v) is 17.1. The molecule has 280 valence electrons. The van der Waals surface area contributed by atoms with Crippen LogP contribution in [0.15, 0.2) is 151 Å². The summed E-state index contributed by atoms with van der Waals surface area (Å²) in [6.07, 6.45) is 11.1. The molecule has 5 nitrogen and oxygen atoms in total. The van der Waals surface area contributed by atoms with Crippen molar-refractivity contribution in [1.82, 2.24) is 24.1 Å². The van der Waals surface area contributed by atoms with Crippen molar-refractivity contribution < 1.29 is 21.9 Å². The second kappa shape index (κ2) is 14.3. The molecule has 0 bridgehead atoms. The number of hydrogen-bond donors (Lipinski definition) is 0. The molecule has 6 aromatic carbocycles. The van der Waals surface area contributed by atoms with Gasteiger partial charge in [0.2, 0.25) is 11.9 Å². The van der Waals surface area contributed by atoms with E-state index in [1.54, 1.807) is 0 Å². The molecule has 11 rings (SSSR count). The largest absolute Gasteiger partial charge is 0.278 e. The van der Waals surface area contributed by atoms with Crippen LogP contribution in [0.1, 0.15) is 86.1 Å². The molecular weight excluding hydrogens is 711 g/mol. The Kier molecular flexibility index (Phi) is 5.41. The summed E-state index contributed by atoms with van der Waals surface area (Å²) in [5.74, 6) is -0.829. The maximum Gasteiger partial charge on any atom is 0.240 e. The lowest BCUT2D eigenvalue weighted by Crippen LogP contribution is -2.65. The molecule has 57 heavy (non-hydrogen) atoms. The van der Waals surface area contributed by atoms with E-state index < -0.39 is 117 Å². The molecule has 0 atom stereocenters. The summed E-state index contributed by atoms with van der Waals surface area (Å²) in [6, 6.07) is 8.97. The van der Waals surface area contributed by atoms with Crippen molar-refractivity contribution in [3.8, 4) is 23.3 Å². The van der Waals surface area contributed by atoms with Crippen LogP contribution < -0.4 is 10.4 Å². The van der Waals surface area contributed by atoms with Gasteiger partial charge in [-0.3, -0.25) is 9.13 Å². The number of nitrogens with zero attached hydrogens (tertiary/aromatic N) is 5. The number of hydrogen-bond acceptors (Lipinski definition) is 3. The van der Waals surface area contributed by atoms with Crippen molar-refractivity contribution in [3.05, 3.63) is 151 Å². The van der Waals surface area contributed by atoms with Crippen LogP contribution in [-0.2, 0) is 0 Å². The predicted molar refractivity (Wildman–Crippen MR) is 239 cm³/mol. The second-order valence-corrected chi connectivity index (χ2v) is 19.8. The molecule has 3 aromatic heterocycles. The van der Waals surface area contributed by atoms with E-state index in [0.29, 0.717) is 16.6 Å². The summed E-state index contributed by atoms with van der Waals surface area (Å²) in [7, 11) is -2.71. The van der Waals surface area contributed by atoms with Crippen molar-refractivity contribution in [2.24, 2.45) is 0 Å². The first kappa shape index (κ1) is 21.6. The maximum absolute atomic E-state index is 9.32. The highest BCUT2D eigenvalue weighted by Gasteiger charge is 2.50. The monoisotopic (exact) mass is 773 g/mol. The summed E-state index contributed by atoms with van der Waals surface area (Å²) in [5.41, 5.74) is 0.206. The zero-order valence-corrected chi connectivity index (χ0v) is 32.2. The van der Waals surface area contributed by atoms with Crippen molar-refractivity contribution in [1.29, 1.82) is 0 Å². The maximum atomic E-state index is 9.32. The Labute approximate surface area is 357 Å². The van der Waals surface area contributed by atoms with E-state index in [-0.39, 0.29) is 49.4 Å². The third-order valence-electron chi connectivity index (χ3n) is 12.4. The quantitative estimate of drug-likeness (QED) is 0.152. The minimum absolute atomic E-state index is 0.0292. The summed E-state index contributed by atoms with van der Waals surface area (Å²) in [4.78, 5) is 15.0. The van der Waals surface area contributed by atoms with Gasteiger partial charge in [0.05, 0.1) is 44.0 Å². The van der Waals surface area contributed by atoms with Gasteiger partial charge >= 0.3 is 0 Å². The van der Waals surface area contributed by atoms with E-state index in [4.69, 9.17) is 31.4 Å². The molecule has 0 saturated heterocycles. The van der Waals surface area contributed by atoms with Gasteiger partial charge in [-0.15, -0.1) is 0 Å².